The van der Waals surface area contributed by atoms with E-state index in [1.54, 1.807) is 6.07 Å². The Bertz CT molecular complexity index is 346. The molecule has 0 saturated heterocycles. The van der Waals surface area contributed by atoms with Crippen LogP contribution in [0, 0.1) is 0 Å². The highest BCUT2D eigenvalue weighted by Gasteiger charge is 2.34. The molecule has 0 aromatic heterocycles. The lowest BCUT2D eigenvalue weighted by atomic mass is 9.75. The maximum Gasteiger partial charge on any atom is 0.0424 e. The van der Waals surface area contributed by atoms with Crippen LogP contribution in [0.5, 0.6) is 0 Å². The molecular weight excluding hydrogens is 241 g/mol. The van der Waals surface area contributed by atoms with Crippen molar-refractivity contribution in [2.24, 2.45) is 0 Å². The smallest absolute Gasteiger partial charge is 0.0424 e. The summed E-state index contributed by atoms with van der Waals surface area (Å²) < 4.78 is 0. The molecule has 2 rings (SSSR count). The van der Waals surface area contributed by atoms with Gasteiger partial charge in [0, 0.05) is 22.1 Å². The summed E-state index contributed by atoms with van der Waals surface area (Å²) in [6.07, 6.45) is 5.12. The molecule has 1 aliphatic rings. The highest BCUT2D eigenvalue weighted by molar-refractivity contribution is 6.34. The molecule has 0 amide bonds. The Morgan fingerprint density at radius 3 is 2.25 bits per heavy atom. The molecule has 0 unspecified atom stereocenters. The molecule has 0 bridgehead atoms. The molecule has 1 saturated carbocycles. The minimum absolute atomic E-state index is 0.370. The zero-order valence-corrected chi connectivity index (χ0v) is 11.0. The minimum Gasteiger partial charge on any atom is -0.307 e. The van der Waals surface area contributed by atoms with E-state index in [0.29, 0.717) is 15.6 Å². The molecule has 0 aliphatic heterocycles. The van der Waals surface area contributed by atoms with E-state index in [-0.39, 0.29) is 0 Å². The lowest BCUT2D eigenvalue weighted by Gasteiger charge is -2.42. The van der Waals surface area contributed by atoms with E-state index >= 15 is 0 Å². The molecule has 1 nitrogen and oxygen atoms in total. The summed E-state index contributed by atoms with van der Waals surface area (Å²) >= 11 is 11.9. The fourth-order valence-corrected chi connectivity index (χ4v) is 2.83. The van der Waals surface area contributed by atoms with Crippen LogP contribution in [0.4, 0.5) is 0 Å². The lowest BCUT2D eigenvalue weighted by molar-refractivity contribution is 0.175. The van der Waals surface area contributed by atoms with Gasteiger partial charge >= 0.3 is 0 Å². The summed E-state index contributed by atoms with van der Waals surface area (Å²) in [6.45, 7) is 3.10. The molecular formula is C13H17Cl2N. The predicted molar refractivity (Wildman–Crippen MR) is 70.2 cm³/mol. The van der Waals surface area contributed by atoms with Gasteiger partial charge in [0.05, 0.1) is 0 Å². The van der Waals surface area contributed by atoms with Crippen molar-refractivity contribution in [3.63, 3.8) is 0 Å². The molecule has 88 valence electrons. The molecule has 0 heterocycles. The summed E-state index contributed by atoms with van der Waals surface area (Å²) in [5, 5.41) is 5.06. The Balaban J connectivity index is 1.98. The predicted octanol–water partition coefficient (Wildman–Crippen LogP) is 4.42. The van der Waals surface area contributed by atoms with Gasteiger partial charge in [0.2, 0.25) is 0 Å². The van der Waals surface area contributed by atoms with Gasteiger partial charge in [0.1, 0.15) is 0 Å². The van der Waals surface area contributed by atoms with Crippen LogP contribution in [0.15, 0.2) is 18.2 Å². The largest absolute Gasteiger partial charge is 0.307 e. The lowest BCUT2D eigenvalue weighted by Crippen LogP contribution is -2.49. The van der Waals surface area contributed by atoms with Gasteiger partial charge in [-0.1, -0.05) is 30.1 Å². The zero-order valence-electron chi connectivity index (χ0n) is 9.52. The third kappa shape index (κ3) is 2.71. The van der Waals surface area contributed by atoms with E-state index in [1.165, 1.54) is 25.7 Å². The van der Waals surface area contributed by atoms with Crippen LogP contribution in [0.1, 0.15) is 38.2 Å². The van der Waals surface area contributed by atoms with Crippen molar-refractivity contribution in [3.8, 4) is 0 Å². The van der Waals surface area contributed by atoms with Gasteiger partial charge in [-0.15, -0.1) is 0 Å². The van der Waals surface area contributed by atoms with Crippen molar-refractivity contribution >= 4 is 23.2 Å². The van der Waals surface area contributed by atoms with Gasteiger partial charge in [-0.05, 0) is 49.4 Å². The highest BCUT2D eigenvalue weighted by Crippen LogP contribution is 2.35. The number of rotatable bonds is 4. The van der Waals surface area contributed by atoms with E-state index in [4.69, 9.17) is 23.2 Å². The van der Waals surface area contributed by atoms with Crippen LogP contribution in [0.2, 0.25) is 10.0 Å². The molecule has 0 atom stereocenters. The van der Waals surface area contributed by atoms with Gasteiger partial charge in [-0.25, -0.2) is 0 Å². The summed E-state index contributed by atoms with van der Waals surface area (Å²) in [6, 6.07) is 5.72. The Kier molecular flexibility index (Phi) is 3.78. The normalized spacial score (nSPS) is 18.2. The number of benzene rings is 1. The summed E-state index contributed by atoms with van der Waals surface area (Å²) in [5.74, 6) is 0. The highest BCUT2D eigenvalue weighted by atomic mass is 35.5. The first kappa shape index (κ1) is 12.2. The Hall–Kier alpha value is -0.240. The van der Waals surface area contributed by atoms with Gasteiger partial charge in [0.25, 0.3) is 0 Å². The average molecular weight is 258 g/mol. The second-order valence-electron chi connectivity index (χ2n) is 4.62. The number of hydrogen-bond acceptors (Lipinski definition) is 1. The SMILES string of the molecule is CCC1(NCc2cc(Cl)cc(Cl)c2)CCC1. The second-order valence-corrected chi connectivity index (χ2v) is 5.49. The third-order valence-electron chi connectivity index (χ3n) is 3.58. The van der Waals surface area contributed by atoms with Crippen molar-refractivity contribution in [3.05, 3.63) is 33.8 Å². The molecule has 1 aromatic rings. The summed E-state index contributed by atoms with van der Waals surface area (Å²) in [4.78, 5) is 0. The van der Waals surface area contributed by atoms with Crippen LogP contribution < -0.4 is 5.32 Å². The number of nitrogens with one attached hydrogen (secondary N) is 1. The first-order valence-corrected chi connectivity index (χ1v) is 6.59. The van der Waals surface area contributed by atoms with Crippen LogP contribution >= 0.6 is 23.2 Å². The van der Waals surface area contributed by atoms with Gasteiger partial charge in [-0.2, -0.15) is 0 Å². The zero-order chi connectivity index (χ0) is 11.6. The fourth-order valence-electron chi connectivity index (χ4n) is 2.26. The maximum absolute atomic E-state index is 5.97. The topological polar surface area (TPSA) is 12.0 Å². The van der Waals surface area contributed by atoms with E-state index in [0.717, 1.165) is 12.1 Å². The van der Waals surface area contributed by atoms with E-state index < -0.39 is 0 Å². The van der Waals surface area contributed by atoms with Gasteiger partial charge in [0.15, 0.2) is 0 Å². The Labute approximate surface area is 107 Å². The van der Waals surface area contributed by atoms with Crippen molar-refractivity contribution < 1.29 is 0 Å². The van der Waals surface area contributed by atoms with Crippen LogP contribution in [0.25, 0.3) is 0 Å². The van der Waals surface area contributed by atoms with E-state index in [2.05, 4.69) is 12.2 Å². The molecule has 3 heteroatoms. The first-order chi connectivity index (χ1) is 7.63. The maximum atomic E-state index is 5.97. The number of hydrogen-bond donors (Lipinski definition) is 1. The van der Waals surface area contributed by atoms with Crippen LogP contribution in [-0.2, 0) is 6.54 Å². The molecule has 1 fully saturated rings. The first-order valence-electron chi connectivity index (χ1n) is 5.83. The Morgan fingerprint density at radius 2 is 1.81 bits per heavy atom. The fraction of sp³-hybridized carbons (Fsp3) is 0.538. The van der Waals surface area contributed by atoms with Gasteiger partial charge in [-0.3, -0.25) is 0 Å². The van der Waals surface area contributed by atoms with Gasteiger partial charge < -0.3 is 5.32 Å². The molecule has 16 heavy (non-hydrogen) atoms. The molecule has 0 spiro atoms. The second kappa shape index (κ2) is 4.95. The molecule has 1 aliphatic carbocycles. The van der Waals surface area contributed by atoms with Crippen molar-refractivity contribution in [2.45, 2.75) is 44.7 Å². The van der Waals surface area contributed by atoms with Crippen molar-refractivity contribution in [2.75, 3.05) is 0 Å². The van der Waals surface area contributed by atoms with Crippen LogP contribution in [-0.4, -0.2) is 5.54 Å². The standard InChI is InChI=1S/C13H17Cl2N/c1-2-13(4-3-5-13)16-9-10-6-11(14)8-12(15)7-10/h6-8,16H,2-5,9H2,1H3. The van der Waals surface area contributed by atoms with Crippen molar-refractivity contribution in [1.29, 1.82) is 0 Å². The summed E-state index contributed by atoms with van der Waals surface area (Å²) in [7, 11) is 0. The van der Waals surface area contributed by atoms with E-state index in [9.17, 15) is 0 Å². The van der Waals surface area contributed by atoms with Crippen molar-refractivity contribution in [1.82, 2.24) is 5.32 Å². The monoisotopic (exact) mass is 257 g/mol. The molecule has 0 radical (unpaired) electrons. The Morgan fingerprint density at radius 1 is 1.19 bits per heavy atom. The minimum atomic E-state index is 0.370. The van der Waals surface area contributed by atoms with Crippen LogP contribution in [0.3, 0.4) is 0 Å². The third-order valence-corrected chi connectivity index (χ3v) is 4.01. The quantitative estimate of drug-likeness (QED) is 0.843. The van der Waals surface area contributed by atoms with E-state index in [1.807, 2.05) is 12.1 Å². The summed E-state index contributed by atoms with van der Waals surface area (Å²) in [5.41, 5.74) is 1.53. The molecule has 1 N–H and O–H groups in total. The molecule has 1 aromatic carbocycles. The average Bonchev–Trinajstić information content (AvgIpc) is 2.15. The number of halogens is 2.